The summed E-state index contributed by atoms with van der Waals surface area (Å²) in [7, 11) is 0. The van der Waals surface area contributed by atoms with Gasteiger partial charge >= 0.3 is 12.4 Å². The first kappa shape index (κ1) is 15.4. The first-order valence-electron chi connectivity index (χ1n) is 4.20. The summed E-state index contributed by atoms with van der Waals surface area (Å²) in [5, 5.41) is 0. The molecule has 0 heterocycles. The molecule has 102 valence electrons. The van der Waals surface area contributed by atoms with Crippen molar-refractivity contribution in [1.82, 2.24) is 0 Å². The average molecular weight is 390 g/mol. The molecule has 0 N–H and O–H groups in total. The van der Waals surface area contributed by atoms with Crippen molar-refractivity contribution in [1.29, 1.82) is 0 Å². The van der Waals surface area contributed by atoms with Gasteiger partial charge in [0.05, 0.1) is 0 Å². The van der Waals surface area contributed by atoms with E-state index in [1.54, 1.807) is 0 Å². The summed E-state index contributed by atoms with van der Waals surface area (Å²) in [6.07, 6.45) is -10.9. The molecule has 0 aliphatic rings. The Balaban J connectivity index is 3.83. The van der Waals surface area contributed by atoms with Crippen LogP contribution in [-0.4, -0.2) is 0 Å². The number of benzene rings is 1. The minimum absolute atomic E-state index is 0.723. The standard InChI is InChI=1S/C9H3F8I/c1-2-5(10)3(8(12,13)14)6(11)4(7(2)18)9(15,16)17/h1H3. The van der Waals surface area contributed by atoms with E-state index in [1.807, 2.05) is 0 Å². The average Bonchev–Trinajstić information content (AvgIpc) is 2.09. The lowest BCUT2D eigenvalue weighted by atomic mass is 10.0. The van der Waals surface area contributed by atoms with Crippen molar-refractivity contribution in [2.24, 2.45) is 0 Å². The molecule has 1 aromatic carbocycles. The van der Waals surface area contributed by atoms with Crippen molar-refractivity contribution in [3.8, 4) is 0 Å². The molecule has 0 atom stereocenters. The molecule has 0 saturated heterocycles. The number of rotatable bonds is 0. The fourth-order valence-corrected chi connectivity index (χ4v) is 2.07. The molecule has 1 aromatic rings. The summed E-state index contributed by atoms with van der Waals surface area (Å²) >= 11 is 0.959. The molecule has 9 heteroatoms. The van der Waals surface area contributed by atoms with Crippen LogP contribution < -0.4 is 0 Å². The molecule has 0 fully saturated rings. The van der Waals surface area contributed by atoms with Gasteiger partial charge in [0.25, 0.3) is 0 Å². The zero-order valence-corrected chi connectivity index (χ0v) is 10.6. The summed E-state index contributed by atoms with van der Waals surface area (Å²) in [6.45, 7) is 0.723. The van der Waals surface area contributed by atoms with Gasteiger partial charge in [-0.25, -0.2) is 8.78 Å². The molecule has 0 aliphatic carbocycles. The van der Waals surface area contributed by atoms with E-state index in [0.29, 0.717) is 0 Å². The van der Waals surface area contributed by atoms with Gasteiger partial charge in [-0.3, -0.25) is 0 Å². The first-order chi connectivity index (χ1) is 7.89. The van der Waals surface area contributed by atoms with Gasteiger partial charge in [0.15, 0.2) is 5.82 Å². The van der Waals surface area contributed by atoms with E-state index < -0.39 is 44.2 Å². The Morgan fingerprint density at radius 1 is 0.778 bits per heavy atom. The SMILES string of the molecule is Cc1c(F)c(C(F)(F)F)c(F)c(C(F)(F)F)c1I. The second-order valence-electron chi connectivity index (χ2n) is 3.31. The fraction of sp³-hybridized carbons (Fsp3) is 0.333. The van der Waals surface area contributed by atoms with Crippen LogP contribution in [-0.2, 0) is 12.4 Å². The topological polar surface area (TPSA) is 0 Å². The fourth-order valence-electron chi connectivity index (χ4n) is 1.29. The highest BCUT2D eigenvalue weighted by atomic mass is 127. The Labute approximate surface area is 109 Å². The van der Waals surface area contributed by atoms with E-state index in [0.717, 1.165) is 29.5 Å². The lowest BCUT2D eigenvalue weighted by molar-refractivity contribution is -0.149. The predicted octanol–water partition coefficient (Wildman–Crippen LogP) is 4.92. The Morgan fingerprint density at radius 2 is 1.17 bits per heavy atom. The minimum atomic E-state index is -5.54. The van der Waals surface area contributed by atoms with E-state index in [1.165, 1.54) is 0 Å². The van der Waals surface area contributed by atoms with Crippen LogP contribution >= 0.6 is 22.6 Å². The molecule has 0 unspecified atom stereocenters. The second-order valence-corrected chi connectivity index (χ2v) is 4.39. The van der Waals surface area contributed by atoms with E-state index >= 15 is 0 Å². The van der Waals surface area contributed by atoms with Crippen molar-refractivity contribution in [3.05, 3.63) is 31.9 Å². The maximum Gasteiger partial charge on any atom is 0.422 e. The van der Waals surface area contributed by atoms with Crippen molar-refractivity contribution in [3.63, 3.8) is 0 Å². The van der Waals surface area contributed by atoms with Crippen molar-refractivity contribution < 1.29 is 35.1 Å². The van der Waals surface area contributed by atoms with Crippen LogP contribution in [0.2, 0.25) is 0 Å². The second kappa shape index (κ2) is 4.49. The largest absolute Gasteiger partial charge is 0.422 e. The lowest BCUT2D eigenvalue weighted by Gasteiger charge is -2.18. The lowest BCUT2D eigenvalue weighted by Crippen LogP contribution is -2.20. The van der Waals surface area contributed by atoms with Gasteiger partial charge in [0.1, 0.15) is 16.9 Å². The van der Waals surface area contributed by atoms with E-state index in [4.69, 9.17) is 0 Å². The molecule has 0 radical (unpaired) electrons. The quantitative estimate of drug-likeness (QED) is 0.436. The highest BCUT2D eigenvalue weighted by Gasteiger charge is 2.46. The minimum Gasteiger partial charge on any atom is -0.206 e. The monoisotopic (exact) mass is 390 g/mol. The van der Waals surface area contributed by atoms with E-state index in [-0.39, 0.29) is 0 Å². The molecule has 18 heavy (non-hydrogen) atoms. The first-order valence-corrected chi connectivity index (χ1v) is 5.28. The molecular weight excluding hydrogens is 387 g/mol. The summed E-state index contributed by atoms with van der Waals surface area (Å²) < 4.78 is 100.0. The predicted molar refractivity (Wildman–Crippen MR) is 53.8 cm³/mol. The maximum absolute atomic E-state index is 13.3. The zero-order chi connectivity index (χ0) is 14.5. The van der Waals surface area contributed by atoms with Gasteiger partial charge in [-0.15, -0.1) is 0 Å². The third kappa shape index (κ3) is 2.54. The zero-order valence-electron chi connectivity index (χ0n) is 8.40. The van der Waals surface area contributed by atoms with Gasteiger partial charge in [0, 0.05) is 3.57 Å². The summed E-state index contributed by atoms with van der Waals surface area (Å²) in [4.78, 5) is 0. The molecule has 1 rings (SSSR count). The number of hydrogen-bond donors (Lipinski definition) is 0. The van der Waals surface area contributed by atoms with Crippen LogP contribution in [0.3, 0.4) is 0 Å². The summed E-state index contributed by atoms with van der Waals surface area (Å²) in [5.74, 6) is -4.67. The molecular formula is C9H3F8I. The smallest absolute Gasteiger partial charge is 0.206 e. The van der Waals surface area contributed by atoms with Crippen molar-refractivity contribution in [2.45, 2.75) is 19.3 Å². The van der Waals surface area contributed by atoms with Crippen LogP contribution in [0, 0.1) is 22.1 Å². The van der Waals surface area contributed by atoms with Crippen LogP contribution in [0.15, 0.2) is 0 Å². The van der Waals surface area contributed by atoms with Crippen molar-refractivity contribution in [2.75, 3.05) is 0 Å². The van der Waals surface area contributed by atoms with Gasteiger partial charge in [-0.05, 0) is 35.1 Å². The molecule has 0 bridgehead atoms. The van der Waals surface area contributed by atoms with Gasteiger partial charge < -0.3 is 0 Å². The van der Waals surface area contributed by atoms with Crippen LogP contribution in [0.5, 0.6) is 0 Å². The number of alkyl halides is 6. The molecule has 0 aliphatic heterocycles. The van der Waals surface area contributed by atoms with Crippen LogP contribution in [0.1, 0.15) is 16.7 Å². The normalized spacial score (nSPS) is 13.0. The highest BCUT2D eigenvalue weighted by molar-refractivity contribution is 14.1. The molecule has 0 nitrogen and oxygen atoms in total. The van der Waals surface area contributed by atoms with E-state index in [2.05, 4.69) is 0 Å². The third-order valence-electron chi connectivity index (χ3n) is 2.10. The van der Waals surface area contributed by atoms with Crippen LogP contribution in [0.4, 0.5) is 35.1 Å². The van der Waals surface area contributed by atoms with E-state index in [9.17, 15) is 35.1 Å². The summed E-state index contributed by atoms with van der Waals surface area (Å²) in [5.41, 5.74) is -5.52. The Morgan fingerprint density at radius 3 is 1.50 bits per heavy atom. The van der Waals surface area contributed by atoms with Crippen molar-refractivity contribution >= 4 is 22.6 Å². The molecule has 0 aromatic heterocycles. The van der Waals surface area contributed by atoms with Gasteiger partial charge in [0.2, 0.25) is 0 Å². The number of hydrogen-bond acceptors (Lipinski definition) is 0. The number of halogens is 9. The third-order valence-corrected chi connectivity index (χ3v) is 3.45. The highest BCUT2D eigenvalue weighted by Crippen LogP contribution is 2.43. The van der Waals surface area contributed by atoms with Gasteiger partial charge in [-0.2, -0.15) is 26.3 Å². The molecule has 0 spiro atoms. The Kier molecular flexibility index (Phi) is 3.86. The Hall–Kier alpha value is -0.610. The summed E-state index contributed by atoms with van der Waals surface area (Å²) in [6, 6.07) is 0. The maximum atomic E-state index is 13.3. The van der Waals surface area contributed by atoms with Crippen LogP contribution in [0.25, 0.3) is 0 Å². The molecule has 0 saturated carbocycles. The molecule has 0 amide bonds. The van der Waals surface area contributed by atoms with Gasteiger partial charge in [-0.1, -0.05) is 0 Å². The Bertz CT molecular complexity index is 444.